The van der Waals surface area contributed by atoms with Crippen LogP contribution in [0, 0.1) is 5.92 Å². The minimum Gasteiger partial charge on any atom is -0.497 e. The Hall–Kier alpha value is -4.24. The smallest absolute Gasteiger partial charge is 0.315 e. The van der Waals surface area contributed by atoms with E-state index in [1.807, 2.05) is 42.5 Å². The fourth-order valence-electron chi connectivity index (χ4n) is 6.74. The number of carbonyl (C=O) groups excluding carboxylic acids is 1. The third-order valence-corrected chi connectivity index (χ3v) is 8.24. The van der Waals surface area contributed by atoms with Crippen molar-refractivity contribution in [1.29, 1.82) is 0 Å². The highest BCUT2D eigenvalue weighted by molar-refractivity contribution is 6.13. The van der Waals surface area contributed by atoms with Gasteiger partial charge in [-0.25, -0.2) is 0 Å². The molecule has 2 aliphatic carbocycles. The van der Waals surface area contributed by atoms with Crippen LogP contribution in [0.1, 0.15) is 28.2 Å². The number of fused-ring (bicyclic) bond motifs is 3. The fraction of sp³-hybridized carbons (Fsp3) is 0.333. The molecule has 1 saturated carbocycles. The van der Waals surface area contributed by atoms with Crippen LogP contribution in [0.3, 0.4) is 0 Å². The van der Waals surface area contributed by atoms with Crippen molar-refractivity contribution >= 4 is 11.7 Å². The molecule has 2 aliphatic rings. The van der Waals surface area contributed by atoms with Crippen molar-refractivity contribution in [1.82, 2.24) is 0 Å². The Bertz CT molecular complexity index is 1440. The van der Waals surface area contributed by atoms with Gasteiger partial charge in [-0.1, -0.05) is 41.6 Å². The Morgan fingerprint density at radius 1 is 0.872 bits per heavy atom. The molecule has 5 rings (SSSR count). The molecule has 9 nitrogen and oxygen atoms in total. The number of rotatable bonds is 7. The molecule has 0 heterocycles. The summed E-state index contributed by atoms with van der Waals surface area (Å²) in [6, 6.07) is 18.3. The summed E-state index contributed by atoms with van der Waals surface area (Å²) < 4.78 is 27.6. The van der Waals surface area contributed by atoms with Crippen molar-refractivity contribution in [3.8, 4) is 23.0 Å². The maximum Gasteiger partial charge on any atom is 0.315 e. The van der Waals surface area contributed by atoms with E-state index < -0.39 is 28.8 Å². The van der Waals surface area contributed by atoms with E-state index in [0.717, 1.165) is 11.1 Å². The molecule has 0 radical (unpaired) electrons. The highest BCUT2D eigenvalue weighted by Crippen LogP contribution is 2.69. The van der Waals surface area contributed by atoms with Gasteiger partial charge in [-0.15, -0.1) is 0 Å². The van der Waals surface area contributed by atoms with Gasteiger partial charge >= 0.3 is 5.97 Å². The molecule has 4 atom stereocenters. The third-order valence-electron chi connectivity index (χ3n) is 8.24. The number of benzene rings is 3. The number of esters is 1. The predicted octanol–water partition coefficient (Wildman–Crippen LogP) is 3.82. The van der Waals surface area contributed by atoms with Crippen LogP contribution >= 0.6 is 0 Å². The number of hydrogen-bond donors (Lipinski definition) is 2. The van der Waals surface area contributed by atoms with Gasteiger partial charge in [0.15, 0.2) is 11.5 Å². The molecular formula is C30H31NO8. The van der Waals surface area contributed by atoms with E-state index in [4.69, 9.17) is 23.7 Å². The number of ether oxygens (including phenoxy) is 5. The molecule has 39 heavy (non-hydrogen) atoms. The van der Waals surface area contributed by atoms with E-state index in [1.54, 1.807) is 32.4 Å². The summed E-state index contributed by atoms with van der Waals surface area (Å²) in [4.78, 5) is 13.5. The molecule has 0 spiro atoms. The van der Waals surface area contributed by atoms with Crippen molar-refractivity contribution in [2.24, 2.45) is 11.1 Å². The molecular weight excluding hydrogens is 502 g/mol. The molecule has 3 aromatic carbocycles. The molecule has 0 unspecified atom stereocenters. The predicted molar refractivity (Wildman–Crippen MR) is 142 cm³/mol. The van der Waals surface area contributed by atoms with Crippen LogP contribution in [0.2, 0.25) is 0 Å². The molecule has 9 heteroatoms. The lowest BCUT2D eigenvalue weighted by Gasteiger charge is -2.42. The lowest BCUT2D eigenvalue weighted by atomic mass is 9.62. The summed E-state index contributed by atoms with van der Waals surface area (Å²) in [7, 11) is 7.40. The van der Waals surface area contributed by atoms with Gasteiger partial charge in [-0.05, 0) is 41.3 Å². The first-order valence-corrected chi connectivity index (χ1v) is 12.4. The highest BCUT2D eigenvalue weighted by atomic mass is 16.5. The number of carbonyl (C=O) groups is 1. The first kappa shape index (κ1) is 26.4. The maximum absolute atomic E-state index is 13.5. The van der Waals surface area contributed by atoms with E-state index >= 15 is 0 Å². The molecule has 0 bridgehead atoms. The monoisotopic (exact) mass is 533 g/mol. The van der Waals surface area contributed by atoms with Crippen molar-refractivity contribution in [2.75, 3.05) is 35.5 Å². The van der Waals surface area contributed by atoms with Crippen LogP contribution in [0.4, 0.5) is 0 Å². The van der Waals surface area contributed by atoms with Crippen LogP contribution in [-0.4, -0.2) is 57.5 Å². The van der Waals surface area contributed by atoms with Crippen LogP contribution in [-0.2, 0) is 27.0 Å². The quantitative estimate of drug-likeness (QED) is 0.268. The average molecular weight is 534 g/mol. The van der Waals surface area contributed by atoms with E-state index in [-0.39, 0.29) is 12.1 Å². The molecule has 3 aromatic rings. The van der Waals surface area contributed by atoms with Crippen LogP contribution < -0.4 is 18.9 Å². The van der Waals surface area contributed by atoms with Gasteiger partial charge in [0.1, 0.15) is 28.7 Å². The summed E-state index contributed by atoms with van der Waals surface area (Å²) in [6.45, 7) is 0. The third kappa shape index (κ3) is 3.49. The van der Waals surface area contributed by atoms with Gasteiger partial charge in [-0.3, -0.25) is 4.79 Å². The SMILES string of the molecule is COC(=O)[C@H]1C(=NO)[C@@]2(O)c3c(cc(OC)cc3OC)C[C@@]2(c2ccc(OC)c(OC)c2)[C@@H]1c1ccccc1. The molecule has 0 aliphatic heterocycles. The van der Waals surface area contributed by atoms with E-state index in [1.165, 1.54) is 21.3 Å². The summed E-state index contributed by atoms with van der Waals surface area (Å²) >= 11 is 0. The van der Waals surface area contributed by atoms with Crippen LogP contribution in [0.5, 0.6) is 23.0 Å². The minimum absolute atomic E-state index is 0.125. The van der Waals surface area contributed by atoms with Crippen molar-refractivity contribution in [3.05, 3.63) is 82.9 Å². The molecule has 0 amide bonds. The van der Waals surface area contributed by atoms with Gasteiger partial charge in [0.25, 0.3) is 0 Å². The Balaban J connectivity index is 1.95. The molecule has 2 N–H and O–H groups in total. The highest BCUT2D eigenvalue weighted by Gasteiger charge is 2.75. The van der Waals surface area contributed by atoms with Gasteiger partial charge in [0.05, 0.1) is 35.5 Å². The van der Waals surface area contributed by atoms with Crippen molar-refractivity contribution < 1.29 is 38.8 Å². The van der Waals surface area contributed by atoms with Gasteiger partial charge in [0, 0.05) is 23.0 Å². The van der Waals surface area contributed by atoms with E-state index in [2.05, 4.69) is 5.16 Å². The number of oxime groups is 1. The Morgan fingerprint density at radius 2 is 1.56 bits per heavy atom. The first-order valence-electron chi connectivity index (χ1n) is 12.4. The molecule has 204 valence electrons. The number of nitrogens with zero attached hydrogens (tertiary/aromatic N) is 1. The average Bonchev–Trinajstić information content (AvgIpc) is 3.37. The normalized spacial score (nSPS) is 26.1. The number of aliphatic hydroxyl groups is 1. The Labute approximate surface area is 226 Å². The molecule has 0 saturated heterocycles. The summed E-state index contributed by atoms with van der Waals surface area (Å²) in [6.07, 6.45) is 0.258. The number of hydrogen-bond acceptors (Lipinski definition) is 9. The summed E-state index contributed by atoms with van der Waals surface area (Å²) in [5.41, 5.74) is -0.807. The fourth-order valence-corrected chi connectivity index (χ4v) is 6.74. The largest absolute Gasteiger partial charge is 0.497 e. The van der Waals surface area contributed by atoms with Crippen LogP contribution in [0.15, 0.2) is 65.8 Å². The van der Waals surface area contributed by atoms with Crippen molar-refractivity contribution in [2.45, 2.75) is 23.4 Å². The second-order valence-electron chi connectivity index (χ2n) is 9.67. The zero-order chi connectivity index (χ0) is 27.9. The van der Waals surface area contributed by atoms with Crippen LogP contribution in [0.25, 0.3) is 0 Å². The number of methoxy groups -OCH3 is 5. The second kappa shape index (κ2) is 9.81. The summed E-state index contributed by atoms with van der Waals surface area (Å²) in [5, 5.41) is 27.2. The van der Waals surface area contributed by atoms with Gasteiger partial charge in [-0.2, -0.15) is 0 Å². The van der Waals surface area contributed by atoms with E-state index in [0.29, 0.717) is 34.1 Å². The standard InChI is InChI=1S/C30H31NO8/c1-35-20-13-18-16-29(19-11-12-21(36-2)22(14-19)37-3)26(17-9-7-6-8-10-17)24(28(32)39-5)27(31-34)30(29,33)25(18)23(15-20)38-4/h6-15,24,26,33-34H,16H2,1-5H3/t24-,26-,29-,30+/m1/s1. The minimum atomic E-state index is -1.98. The van der Waals surface area contributed by atoms with E-state index in [9.17, 15) is 15.1 Å². The lowest BCUT2D eigenvalue weighted by molar-refractivity contribution is -0.143. The molecule has 1 fully saturated rings. The zero-order valence-corrected chi connectivity index (χ0v) is 22.4. The van der Waals surface area contributed by atoms with Gasteiger partial charge in [0.2, 0.25) is 0 Å². The Morgan fingerprint density at radius 3 is 2.15 bits per heavy atom. The Kier molecular flexibility index (Phi) is 6.64. The maximum atomic E-state index is 13.5. The van der Waals surface area contributed by atoms with Gasteiger partial charge < -0.3 is 34.0 Å². The van der Waals surface area contributed by atoms with Crippen molar-refractivity contribution in [3.63, 3.8) is 0 Å². The molecule has 0 aromatic heterocycles. The summed E-state index contributed by atoms with van der Waals surface area (Å²) in [5.74, 6) is -0.613. The zero-order valence-electron chi connectivity index (χ0n) is 22.4. The topological polar surface area (TPSA) is 116 Å². The first-order chi connectivity index (χ1) is 18.9. The second-order valence-corrected chi connectivity index (χ2v) is 9.67. The lowest BCUT2D eigenvalue weighted by Crippen LogP contribution is -2.48.